The van der Waals surface area contributed by atoms with Crippen LogP contribution in [-0.4, -0.2) is 23.8 Å². The fourth-order valence-electron chi connectivity index (χ4n) is 0.916. The quantitative estimate of drug-likeness (QED) is 0.712. The second-order valence-corrected chi connectivity index (χ2v) is 4.38. The molecule has 0 saturated heterocycles. The Hall–Kier alpha value is -0.640. The number of esters is 1. The topological polar surface area (TPSA) is 52.3 Å². The van der Waals surface area contributed by atoms with E-state index in [0.29, 0.717) is 6.42 Å². The molecule has 3 nitrogen and oxygen atoms in total. The smallest absolute Gasteiger partial charge is 0.323 e. The van der Waals surface area contributed by atoms with Crippen LogP contribution in [0.1, 0.15) is 40.5 Å². The zero-order chi connectivity index (χ0) is 11.4. The lowest BCUT2D eigenvalue weighted by Crippen LogP contribution is -2.38. The van der Waals surface area contributed by atoms with Crippen molar-refractivity contribution in [3.8, 4) is 0 Å². The summed E-state index contributed by atoms with van der Waals surface area (Å²) in [5.74, 6) is -0.534. The number of hydrogen-bond donors (Lipinski definition) is 1. The van der Waals surface area contributed by atoms with Gasteiger partial charge in [-0.15, -0.1) is 0 Å². The number of carbonyl (C=O) groups excluding carboxylic acids is 1. The van der Waals surface area contributed by atoms with Crippen molar-refractivity contribution in [3.05, 3.63) is 0 Å². The molecule has 2 unspecified atom stereocenters. The molecule has 0 aliphatic heterocycles. The van der Waals surface area contributed by atoms with Crippen LogP contribution in [-0.2, 0) is 9.53 Å². The molecular formula is C10H20FNO2. The summed E-state index contributed by atoms with van der Waals surface area (Å²) in [6.07, 6.45) is -0.625. The molecule has 4 heteroatoms. The molecule has 84 valence electrons. The van der Waals surface area contributed by atoms with E-state index in [1.54, 1.807) is 27.7 Å². The Morgan fingerprint density at radius 2 is 2.00 bits per heavy atom. The maximum atomic E-state index is 12.9. The van der Waals surface area contributed by atoms with Crippen molar-refractivity contribution >= 4 is 5.97 Å². The Morgan fingerprint density at radius 3 is 2.36 bits per heavy atom. The third-order valence-electron chi connectivity index (χ3n) is 1.66. The number of alkyl halides is 1. The van der Waals surface area contributed by atoms with Gasteiger partial charge in [0.05, 0.1) is 0 Å². The van der Waals surface area contributed by atoms with Crippen molar-refractivity contribution in [1.82, 2.24) is 0 Å². The summed E-state index contributed by atoms with van der Waals surface area (Å²) < 4.78 is 17.9. The first kappa shape index (κ1) is 13.4. The van der Waals surface area contributed by atoms with Crippen molar-refractivity contribution in [2.45, 2.75) is 58.4 Å². The van der Waals surface area contributed by atoms with Crippen LogP contribution in [0.15, 0.2) is 0 Å². The van der Waals surface area contributed by atoms with E-state index in [4.69, 9.17) is 10.5 Å². The summed E-state index contributed by atoms with van der Waals surface area (Å²) in [5.41, 5.74) is 4.92. The van der Waals surface area contributed by atoms with E-state index in [-0.39, 0.29) is 6.42 Å². The number of carbonyl (C=O) groups is 1. The number of rotatable bonds is 4. The van der Waals surface area contributed by atoms with Gasteiger partial charge in [0.15, 0.2) is 0 Å². The van der Waals surface area contributed by atoms with Crippen molar-refractivity contribution in [1.29, 1.82) is 0 Å². The highest BCUT2D eigenvalue weighted by atomic mass is 19.1. The molecule has 0 heterocycles. The van der Waals surface area contributed by atoms with Crippen molar-refractivity contribution < 1.29 is 13.9 Å². The molecule has 0 fully saturated rings. The van der Waals surface area contributed by atoms with E-state index in [1.165, 1.54) is 0 Å². The molecule has 0 aromatic rings. The summed E-state index contributed by atoms with van der Waals surface area (Å²) in [6.45, 7) is 6.98. The van der Waals surface area contributed by atoms with Gasteiger partial charge >= 0.3 is 5.97 Å². The average molecular weight is 205 g/mol. The van der Waals surface area contributed by atoms with Gasteiger partial charge in [-0.25, -0.2) is 4.39 Å². The maximum Gasteiger partial charge on any atom is 0.323 e. The number of ether oxygens (including phenoxy) is 1. The van der Waals surface area contributed by atoms with Crippen LogP contribution in [0.4, 0.5) is 4.39 Å². The van der Waals surface area contributed by atoms with Gasteiger partial charge in [-0.2, -0.15) is 0 Å². The summed E-state index contributed by atoms with van der Waals surface area (Å²) in [4.78, 5) is 11.3. The first-order valence-corrected chi connectivity index (χ1v) is 4.88. The number of nitrogens with two attached hydrogens (primary N) is 1. The molecule has 0 aromatic carbocycles. The van der Waals surface area contributed by atoms with Crippen molar-refractivity contribution in [2.24, 2.45) is 5.73 Å². The second-order valence-electron chi connectivity index (χ2n) is 4.38. The lowest BCUT2D eigenvalue weighted by atomic mass is 10.1. The third-order valence-corrected chi connectivity index (χ3v) is 1.66. The fourth-order valence-corrected chi connectivity index (χ4v) is 0.916. The van der Waals surface area contributed by atoms with E-state index >= 15 is 0 Å². The van der Waals surface area contributed by atoms with Gasteiger partial charge < -0.3 is 10.5 Å². The molecule has 0 saturated carbocycles. The number of halogens is 1. The van der Waals surface area contributed by atoms with Gasteiger partial charge in [0, 0.05) is 6.42 Å². The zero-order valence-corrected chi connectivity index (χ0v) is 9.34. The summed E-state index contributed by atoms with van der Waals surface area (Å²) in [5, 5.41) is 0. The monoisotopic (exact) mass is 205 g/mol. The van der Waals surface area contributed by atoms with Crippen LogP contribution >= 0.6 is 0 Å². The van der Waals surface area contributed by atoms with Crippen molar-refractivity contribution in [2.75, 3.05) is 0 Å². The minimum absolute atomic E-state index is 0.0331. The molecule has 2 N–H and O–H groups in total. The summed E-state index contributed by atoms with van der Waals surface area (Å²) in [6, 6.07) is -0.857. The Kier molecular flexibility index (Phi) is 5.05. The predicted molar refractivity (Wildman–Crippen MR) is 53.6 cm³/mol. The van der Waals surface area contributed by atoms with Gasteiger partial charge in [0.1, 0.15) is 17.8 Å². The van der Waals surface area contributed by atoms with Crippen molar-refractivity contribution in [3.63, 3.8) is 0 Å². The van der Waals surface area contributed by atoms with Crippen LogP contribution in [0, 0.1) is 0 Å². The van der Waals surface area contributed by atoms with Gasteiger partial charge in [-0.3, -0.25) is 4.79 Å². The lowest BCUT2D eigenvalue weighted by molar-refractivity contribution is -0.157. The predicted octanol–water partition coefficient (Wildman–Crippen LogP) is 1.79. The normalized spacial score (nSPS) is 16.1. The molecule has 0 spiro atoms. The van der Waals surface area contributed by atoms with Gasteiger partial charge in [-0.1, -0.05) is 6.92 Å². The zero-order valence-electron chi connectivity index (χ0n) is 9.34. The molecule has 0 aliphatic carbocycles. The van der Waals surface area contributed by atoms with Crippen LogP contribution < -0.4 is 5.73 Å². The second kappa shape index (κ2) is 5.29. The third kappa shape index (κ3) is 5.91. The van der Waals surface area contributed by atoms with Crippen LogP contribution in [0.2, 0.25) is 0 Å². The fraction of sp³-hybridized carbons (Fsp3) is 0.900. The molecule has 0 amide bonds. The molecular weight excluding hydrogens is 185 g/mol. The molecule has 0 radical (unpaired) electrons. The minimum Gasteiger partial charge on any atom is -0.459 e. The highest BCUT2D eigenvalue weighted by molar-refractivity contribution is 5.75. The first-order chi connectivity index (χ1) is 6.26. The maximum absolute atomic E-state index is 12.9. The van der Waals surface area contributed by atoms with Crippen LogP contribution in [0.3, 0.4) is 0 Å². The highest BCUT2D eigenvalue weighted by Crippen LogP contribution is 2.11. The van der Waals surface area contributed by atoms with E-state index in [9.17, 15) is 9.18 Å². The summed E-state index contributed by atoms with van der Waals surface area (Å²) >= 11 is 0. The van der Waals surface area contributed by atoms with Gasteiger partial charge in [0.25, 0.3) is 0 Å². The number of hydrogen-bond acceptors (Lipinski definition) is 3. The van der Waals surface area contributed by atoms with E-state index in [2.05, 4.69) is 0 Å². The largest absolute Gasteiger partial charge is 0.459 e. The minimum atomic E-state index is -1.03. The molecule has 0 rings (SSSR count). The molecule has 0 bridgehead atoms. The summed E-state index contributed by atoms with van der Waals surface area (Å²) in [7, 11) is 0. The molecule has 2 atom stereocenters. The Labute approximate surface area is 84.8 Å². The van der Waals surface area contributed by atoms with Gasteiger partial charge in [-0.05, 0) is 27.2 Å². The Balaban J connectivity index is 4.00. The standard InChI is InChI=1S/C10H20FNO2/c1-5-7(11)6-8(12)9(13)14-10(2,3)4/h7-8H,5-6,12H2,1-4H3. The van der Waals surface area contributed by atoms with Gasteiger partial charge in [0.2, 0.25) is 0 Å². The van der Waals surface area contributed by atoms with E-state index in [1.807, 2.05) is 0 Å². The average Bonchev–Trinajstić information content (AvgIpc) is 2.00. The molecule has 14 heavy (non-hydrogen) atoms. The molecule has 0 aromatic heterocycles. The Bertz CT molecular complexity index is 189. The SMILES string of the molecule is CCC(F)CC(N)C(=O)OC(C)(C)C. The molecule has 0 aliphatic rings. The first-order valence-electron chi connectivity index (χ1n) is 4.88. The van der Waals surface area contributed by atoms with Crippen LogP contribution in [0.5, 0.6) is 0 Å². The van der Waals surface area contributed by atoms with E-state index < -0.39 is 23.8 Å². The highest BCUT2D eigenvalue weighted by Gasteiger charge is 2.24. The van der Waals surface area contributed by atoms with E-state index in [0.717, 1.165) is 0 Å². The van der Waals surface area contributed by atoms with Crippen LogP contribution in [0.25, 0.3) is 0 Å². The Morgan fingerprint density at radius 1 is 1.50 bits per heavy atom. The lowest BCUT2D eigenvalue weighted by Gasteiger charge is -2.22.